The van der Waals surface area contributed by atoms with Crippen LogP contribution in [0.1, 0.15) is 17.0 Å². The summed E-state index contributed by atoms with van der Waals surface area (Å²) in [6, 6.07) is 8.15. The van der Waals surface area contributed by atoms with Gasteiger partial charge in [-0.3, -0.25) is 0 Å². The van der Waals surface area contributed by atoms with Gasteiger partial charge in [0.15, 0.2) is 0 Å². The summed E-state index contributed by atoms with van der Waals surface area (Å²) < 4.78 is 0. The maximum absolute atomic E-state index is 4.43. The van der Waals surface area contributed by atoms with Crippen molar-refractivity contribution in [1.82, 2.24) is 15.3 Å². The van der Waals surface area contributed by atoms with Crippen LogP contribution in [0, 0.1) is 13.8 Å². The number of aromatic nitrogens is 2. The van der Waals surface area contributed by atoms with Gasteiger partial charge in [-0.25, -0.2) is 9.97 Å². The van der Waals surface area contributed by atoms with Gasteiger partial charge < -0.3 is 10.6 Å². The summed E-state index contributed by atoms with van der Waals surface area (Å²) in [6.45, 7) is 4.88. The zero-order valence-corrected chi connectivity index (χ0v) is 11.0. The molecule has 0 bridgehead atoms. The lowest BCUT2D eigenvalue weighted by Gasteiger charge is -2.08. The van der Waals surface area contributed by atoms with Crippen LogP contribution >= 0.6 is 0 Å². The average molecular weight is 242 g/mol. The summed E-state index contributed by atoms with van der Waals surface area (Å²) in [4.78, 5) is 8.61. The maximum atomic E-state index is 4.43. The largest absolute Gasteiger partial charge is 0.340 e. The van der Waals surface area contributed by atoms with Gasteiger partial charge >= 0.3 is 0 Å². The summed E-state index contributed by atoms with van der Waals surface area (Å²) in [5.41, 5.74) is 3.61. The van der Waals surface area contributed by atoms with Crippen molar-refractivity contribution in [2.45, 2.75) is 20.4 Å². The summed E-state index contributed by atoms with van der Waals surface area (Å²) in [5.74, 6) is 1.60. The van der Waals surface area contributed by atoms with E-state index in [1.807, 2.05) is 13.1 Å². The van der Waals surface area contributed by atoms with E-state index in [9.17, 15) is 0 Å². The molecular weight excluding hydrogens is 224 g/mol. The van der Waals surface area contributed by atoms with Crippen LogP contribution < -0.4 is 10.6 Å². The predicted molar refractivity (Wildman–Crippen MR) is 74.0 cm³/mol. The van der Waals surface area contributed by atoms with Crippen molar-refractivity contribution in [2.75, 3.05) is 12.4 Å². The number of hydrogen-bond acceptors (Lipinski definition) is 4. The average Bonchev–Trinajstić information content (AvgIpc) is 2.35. The van der Waals surface area contributed by atoms with E-state index in [0.29, 0.717) is 6.54 Å². The van der Waals surface area contributed by atoms with Crippen molar-refractivity contribution in [1.29, 1.82) is 0 Å². The number of anilines is 2. The van der Waals surface area contributed by atoms with Crippen LogP contribution in [0.2, 0.25) is 0 Å². The van der Waals surface area contributed by atoms with E-state index in [4.69, 9.17) is 0 Å². The number of nitrogens with one attached hydrogen (secondary N) is 2. The molecule has 94 valence electrons. The molecule has 1 aromatic carbocycles. The second-order valence-corrected chi connectivity index (χ2v) is 4.31. The molecule has 1 heterocycles. The van der Waals surface area contributed by atoms with E-state index in [2.05, 4.69) is 52.6 Å². The SMILES string of the molecule is CNCc1nccc(Nc2ccc(C)c(C)c2)n1. The summed E-state index contributed by atoms with van der Waals surface area (Å²) in [7, 11) is 1.88. The number of benzene rings is 1. The second kappa shape index (κ2) is 5.60. The maximum Gasteiger partial charge on any atom is 0.144 e. The molecule has 0 aliphatic heterocycles. The molecule has 2 rings (SSSR count). The van der Waals surface area contributed by atoms with Crippen molar-refractivity contribution in [3.63, 3.8) is 0 Å². The zero-order chi connectivity index (χ0) is 13.0. The Morgan fingerprint density at radius 3 is 2.67 bits per heavy atom. The highest BCUT2D eigenvalue weighted by molar-refractivity contribution is 5.57. The van der Waals surface area contributed by atoms with Gasteiger partial charge in [-0.05, 0) is 50.2 Å². The zero-order valence-electron chi connectivity index (χ0n) is 11.0. The Balaban J connectivity index is 2.17. The molecule has 0 saturated carbocycles. The van der Waals surface area contributed by atoms with E-state index < -0.39 is 0 Å². The summed E-state index contributed by atoms with van der Waals surface area (Å²) in [5, 5.41) is 6.33. The number of nitrogens with zero attached hydrogens (tertiary/aromatic N) is 2. The van der Waals surface area contributed by atoms with Crippen molar-refractivity contribution in [3.05, 3.63) is 47.4 Å². The first kappa shape index (κ1) is 12.5. The van der Waals surface area contributed by atoms with Gasteiger partial charge in [0.05, 0.1) is 6.54 Å². The lowest BCUT2D eigenvalue weighted by atomic mass is 10.1. The molecule has 0 aliphatic carbocycles. The Morgan fingerprint density at radius 2 is 1.94 bits per heavy atom. The van der Waals surface area contributed by atoms with E-state index in [1.54, 1.807) is 6.20 Å². The minimum atomic E-state index is 0.669. The fourth-order valence-electron chi connectivity index (χ4n) is 1.68. The fourth-order valence-corrected chi connectivity index (χ4v) is 1.68. The Bertz CT molecular complexity index is 537. The third-order valence-electron chi connectivity index (χ3n) is 2.82. The Kier molecular flexibility index (Phi) is 3.89. The molecule has 0 amide bonds. The number of aryl methyl sites for hydroxylation is 2. The van der Waals surface area contributed by atoms with Gasteiger partial charge in [0.1, 0.15) is 11.6 Å². The van der Waals surface area contributed by atoms with Crippen molar-refractivity contribution >= 4 is 11.5 Å². The minimum Gasteiger partial charge on any atom is -0.340 e. The van der Waals surface area contributed by atoms with Gasteiger partial charge in [0.2, 0.25) is 0 Å². The lowest BCUT2D eigenvalue weighted by Crippen LogP contribution is -2.09. The van der Waals surface area contributed by atoms with E-state index >= 15 is 0 Å². The van der Waals surface area contributed by atoms with Gasteiger partial charge in [0.25, 0.3) is 0 Å². The molecule has 0 spiro atoms. The molecule has 0 saturated heterocycles. The first-order valence-electron chi connectivity index (χ1n) is 6.00. The molecule has 2 aromatic rings. The van der Waals surface area contributed by atoms with Crippen LogP contribution in [0.3, 0.4) is 0 Å². The van der Waals surface area contributed by atoms with Gasteiger partial charge in [-0.15, -0.1) is 0 Å². The van der Waals surface area contributed by atoms with Crippen LogP contribution in [0.15, 0.2) is 30.5 Å². The number of hydrogen-bond donors (Lipinski definition) is 2. The minimum absolute atomic E-state index is 0.669. The molecule has 0 atom stereocenters. The van der Waals surface area contributed by atoms with Crippen LogP contribution in [0.4, 0.5) is 11.5 Å². The molecular formula is C14H18N4. The molecule has 0 aliphatic rings. The van der Waals surface area contributed by atoms with Crippen LogP contribution in [-0.2, 0) is 6.54 Å². The molecule has 18 heavy (non-hydrogen) atoms. The molecule has 4 nitrogen and oxygen atoms in total. The smallest absolute Gasteiger partial charge is 0.144 e. The predicted octanol–water partition coefficient (Wildman–Crippen LogP) is 2.56. The lowest BCUT2D eigenvalue weighted by molar-refractivity contribution is 0.759. The molecule has 0 radical (unpaired) electrons. The summed E-state index contributed by atoms with van der Waals surface area (Å²) >= 11 is 0. The highest BCUT2D eigenvalue weighted by atomic mass is 15.0. The normalized spacial score (nSPS) is 10.4. The monoisotopic (exact) mass is 242 g/mol. The number of rotatable bonds is 4. The van der Waals surface area contributed by atoms with E-state index in [-0.39, 0.29) is 0 Å². The second-order valence-electron chi connectivity index (χ2n) is 4.31. The van der Waals surface area contributed by atoms with Gasteiger partial charge in [-0.1, -0.05) is 6.07 Å². The van der Waals surface area contributed by atoms with Crippen LogP contribution in [0.25, 0.3) is 0 Å². The Labute approximate surface area is 107 Å². The fraction of sp³-hybridized carbons (Fsp3) is 0.286. The Morgan fingerprint density at radius 1 is 1.11 bits per heavy atom. The van der Waals surface area contributed by atoms with Crippen molar-refractivity contribution < 1.29 is 0 Å². The molecule has 2 N–H and O–H groups in total. The first-order chi connectivity index (χ1) is 8.69. The first-order valence-corrected chi connectivity index (χ1v) is 6.00. The van der Waals surface area contributed by atoms with E-state index in [0.717, 1.165) is 17.3 Å². The Hall–Kier alpha value is -1.94. The molecule has 0 fully saturated rings. The highest BCUT2D eigenvalue weighted by Gasteiger charge is 2.00. The van der Waals surface area contributed by atoms with Crippen LogP contribution in [-0.4, -0.2) is 17.0 Å². The molecule has 0 unspecified atom stereocenters. The van der Waals surface area contributed by atoms with Crippen molar-refractivity contribution in [2.24, 2.45) is 0 Å². The van der Waals surface area contributed by atoms with Gasteiger partial charge in [0, 0.05) is 11.9 Å². The highest BCUT2D eigenvalue weighted by Crippen LogP contribution is 2.17. The molecule has 1 aromatic heterocycles. The van der Waals surface area contributed by atoms with Gasteiger partial charge in [-0.2, -0.15) is 0 Å². The molecule has 4 heteroatoms. The third-order valence-corrected chi connectivity index (χ3v) is 2.82. The van der Waals surface area contributed by atoms with Crippen molar-refractivity contribution in [3.8, 4) is 0 Å². The standard InChI is InChI=1S/C14H18N4/c1-10-4-5-12(8-11(10)2)17-13-6-7-16-14(18-13)9-15-3/h4-8,15H,9H2,1-3H3,(H,16,17,18). The quantitative estimate of drug-likeness (QED) is 0.865. The van der Waals surface area contributed by atoms with Crippen LogP contribution in [0.5, 0.6) is 0 Å². The van der Waals surface area contributed by atoms with E-state index in [1.165, 1.54) is 11.1 Å². The summed E-state index contributed by atoms with van der Waals surface area (Å²) in [6.07, 6.45) is 1.77. The third kappa shape index (κ3) is 3.05. The topological polar surface area (TPSA) is 49.8 Å².